The summed E-state index contributed by atoms with van der Waals surface area (Å²) in [7, 11) is -3.81. The largest absolute Gasteiger partial charge is 0.366 e. The molecule has 1 fully saturated rings. The Morgan fingerprint density at radius 1 is 1.19 bits per heavy atom. The monoisotopic (exact) mass is 443 g/mol. The van der Waals surface area contributed by atoms with Crippen LogP contribution in [0.2, 0.25) is 0 Å². The molecule has 0 atom stereocenters. The number of aromatic nitrogens is 2. The van der Waals surface area contributed by atoms with Crippen molar-refractivity contribution >= 4 is 32.4 Å². The van der Waals surface area contributed by atoms with Crippen molar-refractivity contribution in [3.05, 3.63) is 58.4 Å². The molecule has 2 aromatic carbocycles. The van der Waals surface area contributed by atoms with E-state index in [-0.39, 0.29) is 22.5 Å². The van der Waals surface area contributed by atoms with Gasteiger partial charge in [0.2, 0.25) is 10.0 Å². The van der Waals surface area contributed by atoms with E-state index >= 15 is 0 Å². The van der Waals surface area contributed by atoms with E-state index in [4.69, 9.17) is 0 Å². The molecule has 9 nitrogen and oxygen atoms in total. The van der Waals surface area contributed by atoms with Crippen molar-refractivity contribution in [2.75, 3.05) is 18.0 Å². The number of H-pyrrole nitrogens is 1. The van der Waals surface area contributed by atoms with Gasteiger partial charge < -0.3 is 9.88 Å². The summed E-state index contributed by atoms with van der Waals surface area (Å²) in [6.45, 7) is 4.65. The summed E-state index contributed by atoms with van der Waals surface area (Å²) >= 11 is 0. The Labute approximate surface area is 180 Å². The molecule has 1 saturated heterocycles. The number of piperidine rings is 1. The Morgan fingerprint density at radius 3 is 2.55 bits per heavy atom. The fourth-order valence-corrected chi connectivity index (χ4v) is 5.29. The fourth-order valence-electron chi connectivity index (χ4n) is 4.02. The summed E-state index contributed by atoms with van der Waals surface area (Å²) < 4.78 is 27.3. The zero-order valence-electron chi connectivity index (χ0n) is 17.4. The van der Waals surface area contributed by atoms with Gasteiger partial charge in [-0.3, -0.25) is 10.1 Å². The van der Waals surface area contributed by atoms with Crippen LogP contribution < -0.4 is 9.62 Å². The van der Waals surface area contributed by atoms with Crippen LogP contribution in [0, 0.1) is 10.1 Å². The van der Waals surface area contributed by atoms with Crippen molar-refractivity contribution in [3.63, 3.8) is 0 Å². The van der Waals surface area contributed by atoms with Gasteiger partial charge in [-0.05, 0) is 51.0 Å². The fraction of sp³-hybridized carbons (Fsp3) is 0.381. The number of fused-ring (bicyclic) bond motifs is 1. The third kappa shape index (κ3) is 4.40. The molecule has 1 aliphatic heterocycles. The Balaban J connectivity index is 1.54. The number of aromatic amines is 1. The number of nitro benzene ring substituents is 1. The van der Waals surface area contributed by atoms with Gasteiger partial charge in [-0.2, -0.15) is 0 Å². The van der Waals surface area contributed by atoms with Gasteiger partial charge in [-0.15, -0.1) is 0 Å². The molecule has 0 saturated carbocycles. The number of hydrogen-bond donors (Lipinski definition) is 2. The van der Waals surface area contributed by atoms with E-state index in [0.29, 0.717) is 18.8 Å². The standard InChI is InChI=1S/C21H25N5O4S/c1-14(2)24-31(29,30)16-7-8-19(20(13-16)26(27)28)25-11-9-15(10-12-25)21-22-17-5-3-4-6-18(17)23-21/h3-8,13-15,24H,9-12H2,1-2H3,(H,22,23). The van der Waals surface area contributed by atoms with Crippen LogP contribution in [0.5, 0.6) is 0 Å². The molecule has 3 aromatic rings. The zero-order chi connectivity index (χ0) is 22.2. The number of anilines is 1. The Morgan fingerprint density at radius 2 is 1.90 bits per heavy atom. The molecule has 0 unspecified atom stereocenters. The first kappa shape index (κ1) is 21.3. The average Bonchev–Trinajstić information content (AvgIpc) is 3.17. The van der Waals surface area contributed by atoms with Crippen molar-refractivity contribution in [1.29, 1.82) is 0 Å². The van der Waals surface area contributed by atoms with E-state index in [0.717, 1.165) is 35.8 Å². The van der Waals surface area contributed by atoms with Crippen molar-refractivity contribution < 1.29 is 13.3 Å². The Hall–Kier alpha value is -2.98. The molecule has 2 heterocycles. The highest BCUT2D eigenvalue weighted by atomic mass is 32.2. The molecule has 2 N–H and O–H groups in total. The minimum absolute atomic E-state index is 0.103. The summed E-state index contributed by atoms with van der Waals surface area (Å²) in [5.41, 5.74) is 2.18. The number of benzene rings is 2. The van der Waals surface area contributed by atoms with Crippen LogP contribution in [-0.4, -0.2) is 42.4 Å². The first-order valence-electron chi connectivity index (χ1n) is 10.2. The summed E-state index contributed by atoms with van der Waals surface area (Å²) in [4.78, 5) is 21.1. The van der Waals surface area contributed by atoms with Crippen molar-refractivity contribution in [2.24, 2.45) is 0 Å². The molecular formula is C21H25N5O4S. The van der Waals surface area contributed by atoms with E-state index in [1.165, 1.54) is 12.1 Å². The lowest BCUT2D eigenvalue weighted by Gasteiger charge is -2.32. The zero-order valence-corrected chi connectivity index (χ0v) is 18.2. The molecular weight excluding hydrogens is 418 g/mol. The predicted molar refractivity (Wildman–Crippen MR) is 119 cm³/mol. The van der Waals surface area contributed by atoms with Crippen LogP contribution in [0.25, 0.3) is 11.0 Å². The van der Waals surface area contributed by atoms with Crippen LogP contribution in [-0.2, 0) is 10.0 Å². The maximum Gasteiger partial charge on any atom is 0.293 e. The summed E-state index contributed by atoms with van der Waals surface area (Å²) in [6.07, 6.45) is 1.60. The molecule has 10 heteroatoms. The van der Waals surface area contributed by atoms with Gasteiger partial charge in [0.25, 0.3) is 5.69 Å². The van der Waals surface area contributed by atoms with E-state index < -0.39 is 14.9 Å². The average molecular weight is 444 g/mol. The maximum absolute atomic E-state index is 12.4. The second kappa shape index (κ2) is 8.27. The molecule has 1 aromatic heterocycles. The highest BCUT2D eigenvalue weighted by Gasteiger charge is 2.29. The molecule has 4 rings (SSSR count). The van der Waals surface area contributed by atoms with E-state index in [1.807, 2.05) is 29.2 Å². The molecule has 164 valence electrons. The van der Waals surface area contributed by atoms with Gasteiger partial charge in [-0.1, -0.05) is 12.1 Å². The van der Waals surface area contributed by atoms with Crippen molar-refractivity contribution in [1.82, 2.24) is 14.7 Å². The number of imidazole rings is 1. The SMILES string of the molecule is CC(C)NS(=O)(=O)c1ccc(N2CCC(c3nc4ccccc4[nH]3)CC2)c([N+](=O)[O-])c1. The second-order valence-electron chi connectivity index (χ2n) is 8.08. The smallest absolute Gasteiger partial charge is 0.293 e. The topological polar surface area (TPSA) is 121 Å². The number of para-hydroxylation sites is 2. The van der Waals surface area contributed by atoms with Gasteiger partial charge in [0.05, 0.1) is 20.9 Å². The van der Waals surface area contributed by atoms with Gasteiger partial charge in [0.15, 0.2) is 0 Å². The normalized spacial score (nSPS) is 15.6. The molecule has 0 bridgehead atoms. The number of nitrogens with zero attached hydrogens (tertiary/aromatic N) is 3. The second-order valence-corrected chi connectivity index (χ2v) is 9.80. The van der Waals surface area contributed by atoms with Crippen LogP contribution in [0.1, 0.15) is 38.4 Å². The lowest BCUT2D eigenvalue weighted by atomic mass is 9.95. The summed E-state index contributed by atoms with van der Waals surface area (Å²) in [5, 5.41) is 11.7. The Kier molecular flexibility index (Phi) is 5.67. The minimum Gasteiger partial charge on any atom is -0.366 e. The quantitative estimate of drug-likeness (QED) is 0.444. The number of rotatable bonds is 6. The Bertz CT molecular complexity index is 1180. The van der Waals surface area contributed by atoms with Gasteiger partial charge >= 0.3 is 0 Å². The molecule has 0 spiro atoms. The predicted octanol–water partition coefficient (Wildman–Crippen LogP) is 3.54. The first-order chi connectivity index (χ1) is 14.7. The number of nitro groups is 1. The van der Waals surface area contributed by atoms with Crippen molar-refractivity contribution in [3.8, 4) is 0 Å². The van der Waals surface area contributed by atoms with Crippen molar-refractivity contribution in [2.45, 2.75) is 43.5 Å². The highest BCUT2D eigenvalue weighted by Crippen LogP contribution is 2.35. The van der Waals surface area contributed by atoms with Crippen LogP contribution in [0.4, 0.5) is 11.4 Å². The maximum atomic E-state index is 12.4. The highest BCUT2D eigenvalue weighted by molar-refractivity contribution is 7.89. The minimum atomic E-state index is -3.81. The lowest BCUT2D eigenvalue weighted by molar-refractivity contribution is -0.384. The van der Waals surface area contributed by atoms with Crippen LogP contribution in [0.15, 0.2) is 47.4 Å². The molecule has 0 radical (unpaired) electrons. The van der Waals surface area contributed by atoms with Crippen LogP contribution >= 0.6 is 0 Å². The summed E-state index contributed by atoms with van der Waals surface area (Å²) in [5.74, 6) is 1.19. The number of sulfonamides is 1. The number of nitrogens with one attached hydrogen (secondary N) is 2. The van der Waals surface area contributed by atoms with E-state index in [9.17, 15) is 18.5 Å². The third-order valence-electron chi connectivity index (χ3n) is 5.47. The van der Waals surface area contributed by atoms with E-state index in [1.54, 1.807) is 13.8 Å². The lowest BCUT2D eigenvalue weighted by Crippen LogP contribution is -2.34. The first-order valence-corrected chi connectivity index (χ1v) is 11.7. The molecule has 31 heavy (non-hydrogen) atoms. The molecule has 1 aliphatic rings. The third-order valence-corrected chi connectivity index (χ3v) is 7.13. The summed E-state index contributed by atoms with van der Waals surface area (Å²) in [6, 6.07) is 11.7. The van der Waals surface area contributed by atoms with Gasteiger partial charge in [0, 0.05) is 31.1 Å². The molecule has 0 amide bonds. The molecule has 0 aliphatic carbocycles. The van der Waals surface area contributed by atoms with Gasteiger partial charge in [0.1, 0.15) is 11.5 Å². The number of hydrogen-bond acceptors (Lipinski definition) is 6. The van der Waals surface area contributed by atoms with Crippen LogP contribution in [0.3, 0.4) is 0 Å². The van der Waals surface area contributed by atoms with Gasteiger partial charge in [-0.25, -0.2) is 18.1 Å². The van der Waals surface area contributed by atoms with E-state index in [2.05, 4.69) is 14.7 Å².